The van der Waals surface area contributed by atoms with Crippen LogP contribution in [-0.4, -0.2) is 32.2 Å². The fourth-order valence-corrected chi connectivity index (χ4v) is 4.60. The van der Waals surface area contributed by atoms with E-state index in [2.05, 4.69) is 10.2 Å². The van der Waals surface area contributed by atoms with Crippen molar-refractivity contribution in [2.45, 2.75) is 24.9 Å². The molecule has 1 aromatic carbocycles. The predicted molar refractivity (Wildman–Crippen MR) is 100 cm³/mol. The second kappa shape index (κ2) is 7.37. The number of aromatic nitrogens is 3. The summed E-state index contributed by atoms with van der Waals surface area (Å²) in [6, 6.07) is 8.04. The van der Waals surface area contributed by atoms with Gasteiger partial charge in [-0.05, 0) is 23.9 Å². The summed E-state index contributed by atoms with van der Waals surface area (Å²) in [5.41, 5.74) is 6.19. The maximum absolute atomic E-state index is 12.6. The van der Waals surface area contributed by atoms with E-state index in [0.717, 1.165) is 20.5 Å². The number of aryl methyl sites for hydroxylation is 2. The molecule has 25 heavy (non-hydrogen) atoms. The number of hydrogen-bond acceptors (Lipinski definition) is 6. The van der Waals surface area contributed by atoms with Crippen molar-refractivity contribution in [3.8, 4) is 0 Å². The lowest BCUT2D eigenvalue weighted by atomic mass is 10.1. The number of thiophene rings is 1. The highest BCUT2D eigenvalue weighted by atomic mass is 32.2. The first kappa shape index (κ1) is 17.6. The normalized spacial score (nSPS) is 11.1. The van der Waals surface area contributed by atoms with Gasteiger partial charge < -0.3 is 10.3 Å². The first-order valence-electron chi connectivity index (χ1n) is 7.78. The van der Waals surface area contributed by atoms with Gasteiger partial charge in [-0.3, -0.25) is 9.59 Å². The number of hydrogen-bond donors (Lipinski definition) is 1. The van der Waals surface area contributed by atoms with Crippen LogP contribution in [0.25, 0.3) is 10.1 Å². The van der Waals surface area contributed by atoms with Crippen LogP contribution in [-0.2, 0) is 18.3 Å². The monoisotopic (exact) mass is 374 g/mol. The largest absolute Gasteiger partial charge is 0.370 e. The molecule has 3 aromatic rings. The van der Waals surface area contributed by atoms with E-state index < -0.39 is 0 Å². The third kappa shape index (κ3) is 3.74. The molecule has 0 aliphatic rings. The van der Waals surface area contributed by atoms with Gasteiger partial charge in [-0.25, -0.2) is 0 Å². The van der Waals surface area contributed by atoms with Crippen molar-refractivity contribution in [3.05, 3.63) is 40.5 Å². The Hall–Kier alpha value is -2.19. The van der Waals surface area contributed by atoms with Gasteiger partial charge in [0.2, 0.25) is 5.91 Å². The summed E-state index contributed by atoms with van der Waals surface area (Å²) in [6.45, 7) is 1.99. The van der Waals surface area contributed by atoms with E-state index >= 15 is 0 Å². The standard InChI is InChI=1S/C17H18N4O2S2/c1-10-11-5-3-4-6-13(11)25-16(10)12(22)9-24-17-20-19-15(21(17)2)8-7-14(18)23/h3-6H,7-9H2,1-2H3,(H2,18,23). The molecule has 130 valence electrons. The molecule has 0 radical (unpaired) electrons. The Labute approximate surface area is 153 Å². The smallest absolute Gasteiger partial charge is 0.217 e. The summed E-state index contributed by atoms with van der Waals surface area (Å²) >= 11 is 2.88. The van der Waals surface area contributed by atoms with Crippen LogP contribution < -0.4 is 5.73 Å². The van der Waals surface area contributed by atoms with Crippen LogP contribution in [0.15, 0.2) is 29.4 Å². The molecule has 8 heteroatoms. The fraction of sp³-hybridized carbons (Fsp3) is 0.294. The van der Waals surface area contributed by atoms with Crippen molar-refractivity contribution < 1.29 is 9.59 Å². The third-order valence-electron chi connectivity index (χ3n) is 3.95. The summed E-state index contributed by atoms with van der Waals surface area (Å²) in [5.74, 6) is 0.708. The number of ketones is 1. The van der Waals surface area contributed by atoms with Crippen molar-refractivity contribution in [2.75, 3.05) is 5.75 Å². The molecular weight excluding hydrogens is 356 g/mol. The lowest BCUT2D eigenvalue weighted by Crippen LogP contribution is -2.13. The van der Waals surface area contributed by atoms with E-state index in [4.69, 9.17) is 5.73 Å². The molecule has 0 atom stereocenters. The van der Waals surface area contributed by atoms with E-state index in [1.165, 1.54) is 23.1 Å². The van der Waals surface area contributed by atoms with Crippen LogP contribution in [0.1, 0.15) is 27.5 Å². The van der Waals surface area contributed by atoms with E-state index in [1.807, 2.05) is 38.2 Å². The summed E-state index contributed by atoms with van der Waals surface area (Å²) in [6.07, 6.45) is 0.680. The number of nitrogens with two attached hydrogens (primary N) is 1. The van der Waals surface area contributed by atoms with Crippen LogP contribution in [0, 0.1) is 6.92 Å². The minimum atomic E-state index is -0.368. The van der Waals surface area contributed by atoms with E-state index in [9.17, 15) is 9.59 Å². The molecule has 0 aliphatic heterocycles. The van der Waals surface area contributed by atoms with Crippen molar-refractivity contribution in [3.63, 3.8) is 0 Å². The topological polar surface area (TPSA) is 90.9 Å². The van der Waals surface area contributed by atoms with Crippen molar-refractivity contribution in [2.24, 2.45) is 12.8 Å². The van der Waals surface area contributed by atoms with Crippen molar-refractivity contribution >= 4 is 44.9 Å². The number of primary amides is 1. The quantitative estimate of drug-likeness (QED) is 0.507. The molecular formula is C17H18N4O2S2. The number of benzene rings is 1. The van der Waals surface area contributed by atoms with Crippen molar-refractivity contribution in [1.82, 2.24) is 14.8 Å². The maximum atomic E-state index is 12.6. The number of nitrogens with zero attached hydrogens (tertiary/aromatic N) is 3. The molecule has 6 nitrogen and oxygen atoms in total. The number of amides is 1. The number of Topliss-reactive ketones (excluding diaryl/α,β-unsaturated/α-hetero) is 1. The zero-order chi connectivity index (χ0) is 18.0. The number of carbonyl (C=O) groups excluding carboxylic acids is 2. The SMILES string of the molecule is Cc1c(C(=O)CSc2nnc(CCC(N)=O)n2C)sc2ccccc12. The molecule has 2 aromatic heterocycles. The first-order chi connectivity index (χ1) is 12.0. The Morgan fingerprint density at radius 1 is 1.28 bits per heavy atom. The Morgan fingerprint density at radius 3 is 2.76 bits per heavy atom. The van der Waals surface area contributed by atoms with Crippen LogP contribution in [0.5, 0.6) is 0 Å². The molecule has 1 amide bonds. The average Bonchev–Trinajstić information content (AvgIpc) is 3.12. The van der Waals surface area contributed by atoms with Gasteiger partial charge in [0.15, 0.2) is 10.9 Å². The molecule has 0 bridgehead atoms. The molecule has 3 rings (SSSR count). The van der Waals surface area contributed by atoms with Crippen LogP contribution in [0.4, 0.5) is 0 Å². The Bertz CT molecular complexity index is 945. The average molecular weight is 374 g/mol. The van der Waals surface area contributed by atoms with Gasteiger partial charge in [0, 0.05) is 24.6 Å². The van der Waals surface area contributed by atoms with Gasteiger partial charge in [0.25, 0.3) is 0 Å². The molecule has 0 saturated heterocycles. The lowest BCUT2D eigenvalue weighted by Gasteiger charge is -2.03. The van der Waals surface area contributed by atoms with Crippen LogP contribution >= 0.6 is 23.1 Å². The Kier molecular flexibility index (Phi) is 5.19. The van der Waals surface area contributed by atoms with Gasteiger partial charge in [-0.2, -0.15) is 0 Å². The number of rotatable bonds is 7. The molecule has 0 spiro atoms. The van der Waals surface area contributed by atoms with Gasteiger partial charge in [-0.1, -0.05) is 30.0 Å². The number of thioether (sulfide) groups is 1. The number of carbonyl (C=O) groups is 2. The minimum absolute atomic E-state index is 0.0883. The Balaban J connectivity index is 1.70. The zero-order valence-electron chi connectivity index (χ0n) is 14.0. The summed E-state index contributed by atoms with van der Waals surface area (Å²) < 4.78 is 2.93. The highest BCUT2D eigenvalue weighted by Crippen LogP contribution is 2.32. The van der Waals surface area contributed by atoms with Gasteiger partial charge in [0.05, 0.1) is 10.6 Å². The van der Waals surface area contributed by atoms with E-state index in [1.54, 1.807) is 4.57 Å². The predicted octanol–water partition coefficient (Wildman–Crippen LogP) is 2.73. The van der Waals surface area contributed by atoms with E-state index in [0.29, 0.717) is 23.2 Å². The molecule has 0 unspecified atom stereocenters. The highest BCUT2D eigenvalue weighted by Gasteiger charge is 2.17. The summed E-state index contributed by atoms with van der Waals surface area (Å²) in [4.78, 5) is 24.3. The van der Waals surface area contributed by atoms with E-state index in [-0.39, 0.29) is 18.1 Å². The molecule has 2 N–H and O–H groups in total. The van der Waals surface area contributed by atoms with Gasteiger partial charge in [0.1, 0.15) is 5.82 Å². The first-order valence-corrected chi connectivity index (χ1v) is 9.58. The van der Waals surface area contributed by atoms with Gasteiger partial charge >= 0.3 is 0 Å². The maximum Gasteiger partial charge on any atom is 0.217 e. The summed E-state index contributed by atoms with van der Waals surface area (Å²) in [7, 11) is 1.83. The molecule has 0 aliphatic carbocycles. The highest BCUT2D eigenvalue weighted by molar-refractivity contribution is 7.99. The van der Waals surface area contributed by atoms with Crippen LogP contribution in [0.3, 0.4) is 0 Å². The number of fused-ring (bicyclic) bond motifs is 1. The minimum Gasteiger partial charge on any atom is -0.370 e. The summed E-state index contributed by atoms with van der Waals surface area (Å²) in [5, 5.41) is 9.96. The second-order valence-electron chi connectivity index (χ2n) is 5.69. The molecule has 0 fully saturated rings. The lowest BCUT2D eigenvalue weighted by molar-refractivity contribution is -0.118. The van der Waals surface area contributed by atoms with Crippen molar-refractivity contribution in [1.29, 1.82) is 0 Å². The fourth-order valence-electron chi connectivity index (χ4n) is 2.56. The van der Waals surface area contributed by atoms with Crippen LogP contribution in [0.2, 0.25) is 0 Å². The third-order valence-corrected chi connectivity index (χ3v) is 6.28. The molecule has 2 heterocycles. The molecule has 0 saturated carbocycles. The second-order valence-corrected chi connectivity index (χ2v) is 7.68. The zero-order valence-corrected chi connectivity index (χ0v) is 15.6. The Morgan fingerprint density at radius 2 is 2.04 bits per heavy atom. The van der Waals surface area contributed by atoms with Gasteiger partial charge in [-0.15, -0.1) is 21.5 Å².